The molecule has 0 amide bonds. The second kappa shape index (κ2) is 6.42. The zero-order valence-electron chi connectivity index (χ0n) is 14.7. The fourth-order valence-corrected chi connectivity index (χ4v) is 4.92. The molecule has 3 aromatic rings. The van der Waals surface area contributed by atoms with Gasteiger partial charge in [-0.05, 0) is 29.5 Å². The minimum atomic E-state index is -1.03. The van der Waals surface area contributed by atoms with E-state index in [4.69, 9.17) is 0 Å². The monoisotopic (exact) mass is 392 g/mol. The van der Waals surface area contributed by atoms with Gasteiger partial charge in [-0.25, -0.2) is 9.48 Å². The highest BCUT2D eigenvalue weighted by atomic mass is 32.1. The van der Waals surface area contributed by atoms with Crippen molar-refractivity contribution in [3.05, 3.63) is 75.4 Å². The van der Waals surface area contributed by atoms with Crippen LogP contribution in [0.4, 0.5) is 5.95 Å². The summed E-state index contributed by atoms with van der Waals surface area (Å²) in [6.45, 7) is 0. The number of thiophene rings is 1. The van der Waals surface area contributed by atoms with Crippen molar-refractivity contribution in [1.29, 1.82) is 0 Å². The highest BCUT2D eigenvalue weighted by Gasteiger charge is 2.40. The molecule has 2 aliphatic rings. The van der Waals surface area contributed by atoms with Crippen LogP contribution in [0.15, 0.2) is 59.4 Å². The van der Waals surface area contributed by atoms with Gasteiger partial charge in [0, 0.05) is 28.5 Å². The van der Waals surface area contributed by atoms with Gasteiger partial charge in [-0.1, -0.05) is 24.3 Å². The number of carbonyl (C=O) groups excluding carboxylic acids is 1. The minimum absolute atomic E-state index is 0.0125. The van der Waals surface area contributed by atoms with E-state index in [1.54, 1.807) is 40.3 Å². The van der Waals surface area contributed by atoms with Crippen LogP contribution in [0, 0.1) is 0 Å². The third-order valence-electron chi connectivity index (χ3n) is 5.29. The molecule has 1 aliphatic carbocycles. The van der Waals surface area contributed by atoms with Crippen LogP contribution in [0.3, 0.4) is 0 Å². The predicted molar refractivity (Wildman–Crippen MR) is 104 cm³/mol. The molecule has 140 valence electrons. The number of nitrogens with one attached hydrogen (secondary N) is 1. The maximum atomic E-state index is 13.2. The van der Waals surface area contributed by atoms with Crippen molar-refractivity contribution in [1.82, 2.24) is 14.8 Å². The van der Waals surface area contributed by atoms with E-state index in [1.165, 1.54) is 11.2 Å². The third-order valence-corrected chi connectivity index (χ3v) is 6.33. The highest BCUT2D eigenvalue weighted by molar-refractivity contribution is 7.10. The number of rotatable bonds is 3. The summed E-state index contributed by atoms with van der Waals surface area (Å²) >= 11 is 1.65. The minimum Gasteiger partial charge on any atom is -0.478 e. The molecule has 0 radical (unpaired) electrons. The molecule has 0 spiro atoms. The van der Waals surface area contributed by atoms with E-state index in [0.717, 1.165) is 5.70 Å². The van der Waals surface area contributed by atoms with Crippen molar-refractivity contribution in [2.75, 3.05) is 5.32 Å². The first-order valence-corrected chi connectivity index (χ1v) is 9.80. The number of allylic oxidation sites excluding steroid dienone is 2. The van der Waals surface area contributed by atoms with Crippen LogP contribution < -0.4 is 5.32 Å². The van der Waals surface area contributed by atoms with E-state index in [0.29, 0.717) is 29.9 Å². The SMILES string of the molecule is O=C1C[C@H](c2cccs2)CC2=C1[C@@H](c1ccccc1C(=O)O)n1ncnc1N2. The number of nitrogens with zero attached hydrogens (tertiary/aromatic N) is 3. The van der Waals surface area contributed by atoms with Crippen molar-refractivity contribution < 1.29 is 14.7 Å². The van der Waals surface area contributed by atoms with Crippen molar-refractivity contribution in [2.45, 2.75) is 24.8 Å². The van der Waals surface area contributed by atoms with E-state index in [-0.39, 0.29) is 17.3 Å². The number of ketones is 1. The molecular formula is C20H16N4O3S. The van der Waals surface area contributed by atoms with Gasteiger partial charge in [0.15, 0.2) is 5.78 Å². The van der Waals surface area contributed by atoms with Crippen LogP contribution in [0.5, 0.6) is 0 Å². The van der Waals surface area contributed by atoms with Crippen LogP contribution >= 0.6 is 11.3 Å². The average Bonchev–Trinajstić information content (AvgIpc) is 3.38. The number of carbonyl (C=O) groups is 2. The summed E-state index contributed by atoms with van der Waals surface area (Å²) in [5, 5.41) is 19.2. The Hall–Kier alpha value is -3.26. The van der Waals surface area contributed by atoms with E-state index >= 15 is 0 Å². The summed E-state index contributed by atoms with van der Waals surface area (Å²) in [4.78, 5) is 30.5. The molecule has 28 heavy (non-hydrogen) atoms. The fourth-order valence-electron chi connectivity index (χ4n) is 4.09. The number of fused-ring (bicyclic) bond motifs is 1. The Morgan fingerprint density at radius 1 is 1.21 bits per heavy atom. The Bertz CT molecular complexity index is 1120. The smallest absolute Gasteiger partial charge is 0.336 e. The second-order valence-corrected chi connectivity index (χ2v) is 7.86. The summed E-state index contributed by atoms with van der Waals surface area (Å²) in [6.07, 6.45) is 2.50. The van der Waals surface area contributed by atoms with E-state index in [9.17, 15) is 14.7 Å². The van der Waals surface area contributed by atoms with E-state index in [2.05, 4.69) is 21.5 Å². The third kappa shape index (κ3) is 2.56. The van der Waals surface area contributed by atoms with Gasteiger partial charge in [-0.3, -0.25) is 4.79 Å². The first-order chi connectivity index (χ1) is 13.6. The number of benzene rings is 1. The molecule has 2 N–H and O–H groups in total. The Balaban J connectivity index is 1.67. The van der Waals surface area contributed by atoms with Crippen LogP contribution in [-0.4, -0.2) is 31.6 Å². The Morgan fingerprint density at radius 3 is 2.86 bits per heavy atom. The summed E-state index contributed by atoms with van der Waals surface area (Å²) in [6, 6.07) is 10.2. The first-order valence-electron chi connectivity index (χ1n) is 8.92. The predicted octanol–water partition coefficient (Wildman–Crippen LogP) is 3.45. The molecule has 1 aliphatic heterocycles. The van der Waals surface area contributed by atoms with Gasteiger partial charge in [-0.2, -0.15) is 10.1 Å². The Kier molecular flexibility index (Phi) is 3.87. The number of aromatic carboxylic acids is 1. The summed E-state index contributed by atoms with van der Waals surface area (Å²) in [5.41, 5.74) is 2.09. The van der Waals surface area contributed by atoms with Crippen LogP contribution in [0.2, 0.25) is 0 Å². The van der Waals surface area contributed by atoms with Crippen LogP contribution in [0.1, 0.15) is 45.6 Å². The second-order valence-electron chi connectivity index (χ2n) is 6.88. The molecule has 1 aromatic carbocycles. The standard InChI is InChI=1S/C20H16N4O3S/c25-15-9-11(16-6-3-7-28-16)8-14-17(15)18(24-20(23-14)21-10-22-24)12-4-1-2-5-13(12)19(26)27/h1-7,10-11,18H,8-9H2,(H,26,27)(H,21,22,23)/t11-,18-/m1/s1. The van der Waals surface area contributed by atoms with Gasteiger partial charge in [0.1, 0.15) is 12.4 Å². The van der Waals surface area contributed by atoms with Gasteiger partial charge in [-0.15, -0.1) is 11.3 Å². The maximum absolute atomic E-state index is 13.2. The number of hydrogen-bond acceptors (Lipinski definition) is 6. The molecule has 7 nitrogen and oxygen atoms in total. The van der Waals surface area contributed by atoms with Gasteiger partial charge in [0.25, 0.3) is 0 Å². The molecule has 0 saturated heterocycles. The molecule has 0 saturated carbocycles. The van der Waals surface area contributed by atoms with Crippen molar-refractivity contribution >= 4 is 29.0 Å². The number of Topliss-reactive ketones (excluding diaryl/α,β-unsaturated/α-hetero) is 1. The lowest BCUT2D eigenvalue weighted by atomic mass is 9.79. The molecule has 0 bridgehead atoms. The molecule has 8 heteroatoms. The molecular weight excluding hydrogens is 376 g/mol. The van der Waals surface area contributed by atoms with Crippen LogP contribution in [-0.2, 0) is 4.79 Å². The van der Waals surface area contributed by atoms with Gasteiger partial charge in [0.05, 0.1) is 5.56 Å². The quantitative estimate of drug-likeness (QED) is 0.709. The van der Waals surface area contributed by atoms with Crippen molar-refractivity contribution in [3.8, 4) is 0 Å². The van der Waals surface area contributed by atoms with Crippen molar-refractivity contribution in [3.63, 3.8) is 0 Å². The summed E-state index contributed by atoms with van der Waals surface area (Å²) < 4.78 is 1.60. The zero-order chi connectivity index (χ0) is 19.3. The number of anilines is 1. The summed E-state index contributed by atoms with van der Waals surface area (Å²) in [5.74, 6) is -0.386. The lowest BCUT2D eigenvalue weighted by Gasteiger charge is -2.35. The molecule has 5 rings (SSSR count). The highest BCUT2D eigenvalue weighted by Crippen LogP contribution is 2.45. The van der Waals surface area contributed by atoms with Gasteiger partial charge < -0.3 is 10.4 Å². The zero-order valence-corrected chi connectivity index (χ0v) is 15.5. The molecule has 2 atom stereocenters. The first kappa shape index (κ1) is 16.9. The number of carboxylic acid groups (broad SMARTS) is 1. The fraction of sp³-hybridized carbons (Fsp3) is 0.200. The normalized spacial score (nSPS) is 21.1. The van der Waals surface area contributed by atoms with E-state index in [1.807, 2.05) is 11.4 Å². The maximum Gasteiger partial charge on any atom is 0.336 e. The molecule has 2 aromatic heterocycles. The van der Waals surface area contributed by atoms with E-state index < -0.39 is 12.0 Å². The summed E-state index contributed by atoms with van der Waals surface area (Å²) in [7, 11) is 0. The topological polar surface area (TPSA) is 97.1 Å². The van der Waals surface area contributed by atoms with Crippen molar-refractivity contribution in [2.24, 2.45) is 0 Å². The largest absolute Gasteiger partial charge is 0.478 e. The number of aromatic nitrogens is 3. The molecule has 0 fully saturated rings. The van der Waals surface area contributed by atoms with Gasteiger partial charge >= 0.3 is 5.97 Å². The molecule has 0 unspecified atom stereocenters. The lowest BCUT2D eigenvalue weighted by molar-refractivity contribution is -0.116. The van der Waals surface area contributed by atoms with Crippen LogP contribution in [0.25, 0.3) is 0 Å². The molecule has 3 heterocycles. The lowest BCUT2D eigenvalue weighted by Crippen LogP contribution is -2.34. The number of carboxylic acids is 1. The number of hydrogen-bond donors (Lipinski definition) is 2. The van der Waals surface area contributed by atoms with Gasteiger partial charge in [0.2, 0.25) is 5.95 Å². The Morgan fingerprint density at radius 2 is 2.07 bits per heavy atom. The Labute approximate surface area is 164 Å². The average molecular weight is 392 g/mol.